The van der Waals surface area contributed by atoms with E-state index in [2.05, 4.69) is 10.3 Å². The molecule has 1 aromatic rings. The van der Waals surface area contributed by atoms with Crippen LogP contribution in [0.15, 0.2) is 40.5 Å². The van der Waals surface area contributed by atoms with E-state index in [-0.39, 0.29) is 6.04 Å². The molecule has 2 nitrogen and oxygen atoms in total. The molecule has 0 saturated heterocycles. The second-order valence-electron chi connectivity index (χ2n) is 3.33. The molecule has 2 rings (SSSR count). The molecule has 0 aliphatic carbocycles. The van der Waals surface area contributed by atoms with E-state index in [0.29, 0.717) is 5.03 Å². The summed E-state index contributed by atoms with van der Waals surface area (Å²) in [4.78, 5) is 4.43. The summed E-state index contributed by atoms with van der Waals surface area (Å²) in [7, 11) is 0. The van der Waals surface area contributed by atoms with Crippen molar-refractivity contribution in [2.24, 2.45) is 4.99 Å². The molecule has 1 aromatic carbocycles. The standard InChI is InChI=1S/C11H10Cl2N2/c1-7-10(13)6-14-11(15-7)8-2-4-9(12)5-3-8/h2-7H,1H3,(H,14,15). The Labute approximate surface area is 98.6 Å². The summed E-state index contributed by atoms with van der Waals surface area (Å²) in [5.74, 6) is 0.823. The van der Waals surface area contributed by atoms with Gasteiger partial charge in [0.15, 0.2) is 0 Å². The zero-order valence-electron chi connectivity index (χ0n) is 8.17. The van der Waals surface area contributed by atoms with Gasteiger partial charge in [-0.1, -0.05) is 23.2 Å². The molecule has 0 amide bonds. The molecular formula is C11H10Cl2N2. The van der Waals surface area contributed by atoms with Crippen molar-refractivity contribution >= 4 is 29.0 Å². The van der Waals surface area contributed by atoms with Crippen molar-refractivity contribution in [3.63, 3.8) is 0 Å². The molecule has 78 valence electrons. The van der Waals surface area contributed by atoms with E-state index < -0.39 is 0 Å². The fraction of sp³-hybridized carbons (Fsp3) is 0.182. The van der Waals surface area contributed by atoms with Gasteiger partial charge in [0, 0.05) is 16.8 Å². The Morgan fingerprint density at radius 1 is 1.20 bits per heavy atom. The predicted octanol–water partition coefficient (Wildman–Crippen LogP) is 3.16. The Balaban J connectivity index is 2.26. The Kier molecular flexibility index (Phi) is 2.98. The van der Waals surface area contributed by atoms with Gasteiger partial charge in [0.05, 0.1) is 11.1 Å². The smallest absolute Gasteiger partial charge is 0.132 e. The van der Waals surface area contributed by atoms with Crippen molar-refractivity contribution in [2.45, 2.75) is 13.0 Å². The third-order valence-corrected chi connectivity index (χ3v) is 2.86. The first kappa shape index (κ1) is 10.5. The molecule has 0 bridgehead atoms. The SMILES string of the molecule is CC1N=C(c2ccc(Cl)cc2)NC=C1Cl. The maximum Gasteiger partial charge on any atom is 0.132 e. The number of hydrogen-bond donors (Lipinski definition) is 1. The number of amidine groups is 1. The normalized spacial score (nSPS) is 20.3. The van der Waals surface area contributed by atoms with Crippen molar-refractivity contribution < 1.29 is 0 Å². The van der Waals surface area contributed by atoms with Crippen LogP contribution in [0.25, 0.3) is 0 Å². The first-order chi connectivity index (χ1) is 7.16. The topological polar surface area (TPSA) is 24.4 Å². The van der Waals surface area contributed by atoms with E-state index in [1.165, 1.54) is 0 Å². The average molecular weight is 241 g/mol. The molecule has 1 atom stereocenters. The van der Waals surface area contributed by atoms with Crippen molar-refractivity contribution in [1.29, 1.82) is 0 Å². The van der Waals surface area contributed by atoms with E-state index in [1.54, 1.807) is 6.20 Å². The van der Waals surface area contributed by atoms with E-state index in [4.69, 9.17) is 23.2 Å². The lowest BCUT2D eigenvalue weighted by molar-refractivity contribution is 0.868. The number of nitrogens with zero attached hydrogens (tertiary/aromatic N) is 1. The molecule has 0 saturated carbocycles. The number of rotatable bonds is 1. The maximum absolute atomic E-state index is 5.92. The molecule has 1 aliphatic heterocycles. The first-order valence-electron chi connectivity index (χ1n) is 4.62. The molecule has 0 fully saturated rings. The summed E-state index contributed by atoms with van der Waals surface area (Å²) in [6.45, 7) is 1.95. The molecule has 1 aliphatic rings. The van der Waals surface area contributed by atoms with Crippen LogP contribution in [0, 0.1) is 0 Å². The van der Waals surface area contributed by atoms with Crippen LogP contribution in [0.5, 0.6) is 0 Å². The molecule has 0 radical (unpaired) electrons. The minimum absolute atomic E-state index is 0.0126. The fourth-order valence-electron chi connectivity index (χ4n) is 1.32. The van der Waals surface area contributed by atoms with Gasteiger partial charge >= 0.3 is 0 Å². The van der Waals surface area contributed by atoms with E-state index in [1.807, 2.05) is 31.2 Å². The first-order valence-corrected chi connectivity index (χ1v) is 5.38. The zero-order valence-corrected chi connectivity index (χ0v) is 9.68. The Hall–Kier alpha value is -0.990. The molecule has 1 heterocycles. The molecule has 1 N–H and O–H groups in total. The van der Waals surface area contributed by atoms with Gasteiger partial charge in [-0.3, -0.25) is 4.99 Å². The van der Waals surface area contributed by atoms with Crippen LogP contribution in [0.3, 0.4) is 0 Å². The van der Waals surface area contributed by atoms with Gasteiger partial charge in [-0.05, 0) is 31.2 Å². The van der Waals surface area contributed by atoms with Crippen molar-refractivity contribution in [1.82, 2.24) is 5.32 Å². The number of halogens is 2. The van der Waals surface area contributed by atoms with Crippen LogP contribution in [0.4, 0.5) is 0 Å². The lowest BCUT2D eigenvalue weighted by atomic mass is 10.2. The predicted molar refractivity (Wildman–Crippen MR) is 64.5 cm³/mol. The highest BCUT2D eigenvalue weighted by atomic mass is 35.5. The second kappa shape index (κ2) is 4.25. The summed E-state index contributed by atoms with van der Waals surface area (Å²) in [6, 6.07) is 7.54. The van der Waals surface area contributed by atoms with Crippen LogP contribution in [-0.4, -0.2) is 11.9 Å². The van der Waals surface area contributed by atoms with Crippen molar-refractivity contribution in [3.8, 4) is 0 Å². The van der Waals surface area contributed by atoms with Gasteiger partial charge in [-0.25, -0.2) is 0 Å². The highest BCUT2D eigenvalue weighted by Gasteiger charge is 2.13. The van der Waals surface area contributed by atoms with Gasteiger partial charge < -0.3 is 5.32 Å². The van der Waals surface area contributed by atoms with Gasteiger partial charge in [0.25, 0.3) is 0 Å². The molecule has 15 heavy (non-hydrogen) atoms. The third-order valence-electron chi connectivity index (χ3n) is 2.19. The lowest BCUT2D eigenvalue weighted by Crippen LogP contribution is -2.26. The largest absolute Gasteiger partial charge is 0.345 e. The van der Waals surface area contributed by atoms with E-state index in [9.17, 15) is 0 Å². The van der Waals surface area contributed by atoms with Crippen LogP contribution >= 0.6 is 23.2 Å². The summed E-state index contributed by atoms with van der Waals surface area (Å²) < 4.78 is 0. The van der Waals surface area contributed by atoms with Crippen LogP contribution in [0.2, 0.25) is 5.02 Å². The fourth-order valence-corrected chi connectivity index (χ4v) is 1.55. The van der Waals surface area contributed by atoms with Gasteiger partial charge in [-0.2, -0.15) is 0 Å². The quantitative estimate of drug-likeness (QED) is 0.802. The van der Waals surface area contributed by atoms with Crippen LogP contribution in [0.1, 0.15) is 12.5 Å². The average Bonchev–Trinajstić information content (AvgIpc) is 2.23. The summed E-state index contributed by atoms with van der Waals surface area (Å²) >= 11 is 11.7. The van der Waals surface area contributed by atoms with Gasteiger partial charge in [-0.15, -0.1) is 0 Å². The zero-order chi connectivity index (χ0) is 10.8. The van der Waals surface area contributed by atoms with E-state index in [0.717, 1.165) is 16.4 Å². The maximum atomic E-state index is 5.92. The highest BCUT2D eigenvalue weighted by Crippen LogP contribution is 2.16. The summed E-state index contributed by atoms with van der Waals surface area (Å²) in [6.07, 6.45) is 1.77. The molecule has 0 aromatic heterocycles. The molecule has 1 unspecified atom stereocenters. The Bertz CT molecular complexity index is 421. The lowest BCUT2D eigenvalue weighted by Gasteiger charge is -2.16. The molecule has 0 spiro atoms. The van der Waals surface area contributed by atoms with Crippen LogP contribution in [-0.2, 0) is 0 Å². The number of benzene rings is 1. The van der Waals surface area contributed by atoms with Gasteiger partial charge in [0.2, 0.25) is 0 Å². The monoisotopic (exact) mass is 240 g/mol. The van der Waals surface area contributed by atoms with E-state index >= 15 is 0 Å². The highest BCUT2D eigenvalue weighted by molar-refractivity contribution is 6.31. The van der Waals surface area contributed by atoms with Crippen molar-refractivity contribution in [3.05, 3.63) is 46.1 Å². The Morgan fingerprint density at radius 2 is 1.87 bits per heavy atom. The third kappa shape index (κ3) is 2.33. The molecular weight excluding hydrogens is 231 g/mol. The van der Waals surface area contributed by atoms with Gasteiger partial charge in [0.1, 0.15) is 5.84 Å². The molecule has 4 heteroatoms. The van der Waals surface area contributed by atoms with Crippen LogP contribution < -0.4 is 5.32 Å². The number of hydrogen-bond acceptors (Lipinski definition) is 2. The summed E-state index contributed by atoms with van der Waals surface area (Å²) in [5, 5.41) is 4.48. The second-order valence-corrected chi connectivity index (χ2v) is 4.21. The van der Waals surface area contributed by atoms with Crippen molar-refractivity contribution in [2.75, 3.05) is 0 Å². The number of aliphatic imine (C=N–C) groups is 1. The minimum Gasteiger partial charge on any atom is -0.345 e. The minimum atomic E-state index is 0.0126. The summed E-state index contributed by atoms with van der Waals surface area (Å²) in [5.41, 5.74) is 1.01. The number of nitrogens with one attached hydrogen (secondary N) is 1. The Morgan fingerprint density at radius 3 is 2.47 bits per heavy atom.